The normalized spacial score (nSPS) is 20.9. The molecule has 1 fully saturated rings. The van der Waals surface area contributed by atoms with Crippen molar-refractivity contribution < 1.29 is 4.79 Å². The molecule has 0 unspecified atom stereocenters. The summed E-state index contributed by atoms with van der Waals surface area (Å²) in [6, 6.07) is 0.183. The zero-order valence-electron chi connectivity index (χ0n) is 15.0. The SMILES string of the molecule is CCn1nc(C)c(C(=O)NC2CC(C)(C)NC(C)(C)C2)c1C. The van der Waals surface area contributed by atoms with Crippen molar-refractivity contribution in [3.8, 4) is 0 Å². The minimum atomic E-state index is 0.00759. The first kappa shape index (κ1) is 17.0. The number of carbonyl (C=O) groups excluding carboxylic acids is 1. The maximum Gasteiger partial charge on any atom is 0.255 e. The van der Waals surface area contributed by atoms with Crippen LogP contribution >= 0.6 is 0 Å². The van der Waals surface area contributed by atoms with Crippen molar-refractivity contribution in [3.05, 3.63) is 17.0 Å². The summed E-state index contributed by atoms with van der Waals surface area (Å²) in [5.74, 6) is 0.00759. The summed E-state index contributed by atoms with van der Waals surface area (Å²) in [5.41, 5.74) is 2.54. The molecule has 0 aromatic carbocycles. The summed E-state index contributed by atoms with van der Waals surface area (Å²) < 4.78 is 1.89. The maximum absolute atomic E-state index is 12.7. The fourth-order valence-corrected chi connectivity index (χ4v) is 4.02. The van der Waals surface area contributed by atoms with Crippen molar-refractivity contribution in [2.75, 3.05) is 0 Å². The van der Waals surface area contributed by atoms with Gasteiger partial charge in [-0.1, -0.05) is 0 Å². The maximum atomic E-state index is 12.7. The molecule has 0 aliphatic carbocycles. The quantitative estimate of drug-likeness (QED) is 0.902. The van der Waals surface area contributed by atoms with Crippen LogP contribution in [0.5, 0.6) is 0 Å². The molecule has 0 bridgehead atoms. The second kappa shape index (κ2) is 5.69. The van der Waals surface area contributed by atoms with Gasteiger partial charge in [-0.3, -0.25) is 9.48 Å². The number of carbonyl (C=O) groups is 1. The summed E-state index contributed by atoms with van der Waals surface area (Å²) in [6.07, 6.45) is 1.87. The molecule has 1 aliphatic heterocycles. The van der Waals surface area contributed by atoms with E-state index < -0.39 is 0 Å². The van der Waals surface area contributed by atoms with Crippen LogP contribution in [0, 0.1) is 13.8 Å². The van der Waals surface area contributed by atoms with Gasteiger partial charge in [0.2, 0.25) is 0 Å². The molecule has 5 heteroatoms. The molecule has 2 rings (SSSR count). The van der Waals surface area contributed by atoms with Crippen molar-refractivity contribution in [1.29, 1.82) is 0 Å². The van der Waals surface area contributed by atoms with Gasteiger partial charge in [0.25, 0.3) is 5.91 Å². The summed E-state index contributed by atoms with van der Waals surface area (Å²) >= 11 is 0. The van der Waals surface area contributed by atoms with Gasteiger partial charge >= 0.3 is 0 Å². The standard InChI is InChI=1S/C17H30N4O/c1-8-21-12(3)14(11(2)19-21)15(22)18-13-9-16(4,5)20-17(6,7)10-13/h13,20H,8-10H2,1-7H3,(H,18,22). The van der Waals surface area contributed by atoms with Crippen LogP contribution in [0.25, 0.3) is 0 Å². The van der Waals surface area contributed by atoms with Gasteiger partial charge in [-0.2, -0.15) is 5.10 Å². The van der Waals surface area contributed by atoms with Crippen molar-refractivity contribution in [2.24, 2.45) is 0 Å². The highest BCUT2D eigenvalue weighted by Gasteiger charge is 2.38. The van der Waals surface area contributed by atoms with Gasteiger partial charge in [0.15, 0.2) is 0 Å². The van der Waals surface area contributed by atoms with Gasteiger partial charge in [0.05, 0.1) is 11.3 Å². The molecular weight excluding hydrogens is 276 g/mol. The van der Waals surface area contributed by atoms with E-state index in [4.69, 9.17) is 0 Å². The molecule has 0 atom stereocenters. The minimum absolute atomic E-state index is 0.00759. The Balaban J connectivity index is 2.17. The molecule has 0 spiro atoms. The van der Waals surface area contributed by atoms with E-state index in [0.717, 1.165) is 36.3 Å². The van der Waals surface area contributed by atoms with Crippen LogP contribution in [0.1, 0.15) is 69.2 Å². The van der Waals surface area contributed by atoms with Crippen LogP contribution in [0.15, 0.2) is 0 Å². The van der Waals surface area contributed by atoms with E-state index in [1.807, 2.05) is 25.5 Å². The van der Waals surface area contributed by atoms with Crippen LogP contribution in [0.3, 0.4) is 0 Å². The van der Waals surface area contributed by atoms with E-state index in [0.29, 0.717) is 0 Å². The Morgan fingerprint density at radius 2 is 1.82 bits per heavy atom. The molecule has 2 heterocycles. The molecular formula is C17H30N4O. The van der Waals surface area contributed by atoms with Gasteiger partial charge < -0.3 is 10.6 Å². The van der Waals surface area contributed by atoms with E-state index in [1.54, 1.807) is 0 Å². The number of nitrogens with zero attached hydrogens (tertiary/aromatic N) is 2. The Morgan fingerprint density at radius 3 is 2.27 bits per heavy atom. The molecule has 1 saturated heterocycles. The lowest BCUT2D eigenvalue weighted by molar-refractivity contribution is 0.0872. The Morgan fingerprint density at radius 1 is 1.27 bits per heavy atom. The van der Waals surface area contributed by atoms with E-state index in [1.165, 1.54) is 0 Å². The summed E-state index contributed by atoms with van der Waals surface area (Å²) in [5, 5.41) is 11.3. The monoisotopic (exact) mass is 306 g/mol. The zero-order chi connectivity index (χ0) is 16.7. The van der Waals surface area contributed by atoms with Gasteiger partial charge in [-0.25, -0.2) is 0 Å². The summed E-state index contributed by atoms with van der Waals surface area (Å²) in [6.45, 7) is 15.5. The Kier molecular flexibility index (Phi) is 4.39. The highest BCUT2D eigenvalue weighted by molar-refractivity contribution is 5.96. The molecule has 1 aliphatic rings. The lowest BCUT2D eigenvalue weighted by atomic mass is 9.79. The van der Waals surface area contributed by atoms with Gasteiger partial charge in [-0.05, 0) is 61.3 Å². The number of aryl methyl sites for hydroxylation is 2. The van der Waals surface area contributed by atoms with Crippen molar-refractivity contribution in [3.63, 3.8) is 0 Å². The van der Waals surface area contributed by atoms with Gasteiger partial charge in [0, 0.05) is 29.4 Å². The molecule has 124 valence electrons. The van der Waals surface area contributed by atoms with Crippen molar-refractivity contribution in [2.45, 2.75) is 85.0 Å². The lowest BCUT2D eigenvalue weighted by Gasteiger charge is -2.46. The largest absolute Gasteiger partial charge is 0.349 e. The molecule has 2 N–H and O–H groups in total. The number of piperidine rings is 1. The van der Waals surface area contributed by atoms with Crippen LogP contribution in [0.4, 0.5) is 0 Å². The second-order valence-electron chi connectivity index (χ2n) is 7.83. The molecule has 22 heavy (non-hydrogen) atoms. The van der Waals surface area contributed by atoms with E-state index in [9.17, 15) is 4.79 Å². The zero-order valence-corrected chi connectivity index (χ0v) is 15.0. The highest BCUT2D eigenvalue weighted by atomic mass is 16.1. The highest BCUT2D eigenvalue weighted by Crippen LogP contribution is 2.28. The third-order valence-corrected chi connectivity index (χ3v) is 4.43. The molecule has 1 aromatic heterocycles. The van der Waals surface area contributed by atoms with Crippen LogP contribution in [-0.4, -0.2) is 32.8 Å². The molecule has 0 saturated carbocycles. The second-order valence-corrected chi connectivity index (χ2v) is 7.83. The fourth-order valence-electron chi connectivity index (χ4n) is 4.02. The number of hydrogen-bond acceptors (Lipinski definition) is 3. The number of amides is 1. The van der Waals surface area contributed by atoms with E-state index in [-0.39, 0.29) is 23.0 Å². The Labute approximate surface area is 133 Å². The summed E-state index contributed by atoms with van der Waals surface area (Å²) in [7, 11) is 0. The molecule has 1 aromatic rings. The van der Waals surface area contributed by atoms with E-state index >= 15 is 0 Å². The number of hydrogen-bond donors (Lipinski definition) is 2. The van der Waals surface area contributed by atoms with Gasteiger partial charge in [0.1, 0.15) is 0 Å². The van der Waals surface area contributed by atoms with Crippen molar-refractivity contribution >= 4 is 5.91 Å². The fraction of sp³-hybridized carbons (Fsp3) is 0.765. The third kappa shape index (κ3) is 3.51. The predicted molar refractivity (Wildman–Crippen MR) is 89.2 cm³/mol. The summed E-state index contributed by atoms with van der Waals surface area (Å²) in [4.78, 5) is 12.7. The average molecular weight is 306 g/mol. The smallest absolute Gasteiger partial charge is 0.255 e. The Bertz CT molecular complexity index is 555. The topological polar surface area (TPSA) is 59.0 Å². The lowest BCUT2D eigenvalue weighted by Crippen LogP contribution is -2.62. The predicted octanol–water partition coefficient (Wildman–Crippen LogP) is 2.56. The minimum Gasteiger partial charge on any atom is -0.349 e. The first-order chi connectivity index (χ1) is 10.0. The van der Waals surface area contributed by atoms with Gasteiger partial charge in [-0.15, -0.1) is 0 Å². The number of nitrogens with one attached hydrogen (secondary N) is 2. The van der Waals surface area contributed by atoms with Crippen LogP contribution < -0.4 is 10.6 Å². The molecule has 1 amide bonds. The van der Waals surface area contributed by atoms with Crippen LogP contribution in [-0.2, 0) is 6.54 Å². The molecule has 5 nitrogen and oxygen atoms in total. The van der Waals surface area contributed by atoms with Crippen molar-refractivity contribution in [1.82, 2.24) is 20.4 Å². The number of aromatic nitrogens is 2. The first-order valence-corrected chi connectivity index (χ1v) is 8.19. The first-order valence-electron chi connectivity index (χ1n) is 8.19. The average Bonchev–Trinajstić information content (AvgIpc) is 2.59. The van der Waals surface area contributed by atoms with Crippen LogP contribution in [0.2, 0.25) is 0 Å². The molecule has 0 radical (unpaired) electrons. The third-order valence-electron chi connectivity index (χ3n) is 4.43. The Hall–Kier alpha value is -1.36. The number of rotatable bonds is 3. The van der Waals surface area contributed by atoms with E-state index in [2.05, 4.69) is 43.4 Å².